The molecule has 0 radical (unpaired) electrons. The van der Waals surface area contributed by atoms with Gasteiger partial charge in [0.25, 0.3) is 5.56 Å². The molecule has 0 fully saturated rings. The van der Waals surface area contributed by atoms with E-state index in [2.05, 4.69) is 26.0 Å². The molecule has 0 saturated carbocycles. The van der Waals surface area contributed by atoms with E-state index in [0.29, 0.717) is 29.8 Å². The van der Waals surface area contributed by atoms with Gasteiger partial charge in [-0.25, -0.2) is 4.98 Å². The van der Waals surface area contributed by atoms with Crippen LogP contribution in [0, 0.1) is 0 Å². The van der Waals surface area contributed by atoms with E-state index in [-0.39, 0.29) is 5.56 Å². The maximum absolute atomic E-state index is 13.5. The van der Waals surface area contributed by atoms with E-state index >= 15 is 0 Å². The van der Waals surface area contributed by atoms with Gasteiger partial charge in [0.15, 0.2) is 0 Å². The number of allylic oxidation sites excluding steroid dienone is 3. The number of nitrogens with zero attached hydrogens (tertiary/aromatic N) is 2. The van der Waals surface area contributed by atoms with Crippen LogP contribution in [0.3, 0.4) is 0 Å². The molecule has 0 bridgehead atoms. The molecule has 0 spiro atoms. The molecular weight excluding hydrogens is 348 g/mol. The summed E-state index contributed by atoms with van der Waals surface area (Å²) in [6.07, 6.45) is 7.72. The smallest absolute Gasteiger partial charge is 0.262 e. The molecule has 0 saturated heterocycles. The highest BCUT2D eigenvalue weighted by molar-refractivity contribution is 5.79. The van der Waals surface area contributed by atoms with Gasteiger partial charge >= 0.3 is 0 Å². The van der Waals surface area contributed by atoms with Crippen molar-refractivity contribution in [3.63, 3.8) is 0 Å². The number of ether oxygens (including phenoxy) is 1. The van der Waals surface area contributed by atoms with Gasteiger partial charge in [-0.2, -0.15) is 0 Å². The second kappa shape index (κ2) is 7.47. The molecule has 1 heterocycles. The van der Waals surface area contributed by atoms with Crippen LogP contribution in [-0.4, -0.2) is 16.2 Å². The maximum Gasteiger partial charge on any atom is 0.262 e. The number of hydrogen-bond acceptors (Lipinski definition) is 3. The van der Waals surface area contributed by atoms with Crippen LogP contribution in [0.5, 0.6) is 0 Å². The van der Waals surface area contributed by atoms with Crippen LogP contribution >= 0.6 is 0 Å². The minimum Gasteiger partial charge on any atom is -0.494 e. The SMILES string of the molecule is CCCOC1=CCC(C)(n2c(-c3ccccc3)nc3ccccc3c2=O)C=C1. The Morgan fingerprint density at radius 1 is 1.11 bits per heavy atom. The summed E-state index contributed by atoms with van der Waals surface area (Å²) in [5.41, 5.74) is 1.10. The zero-order valence-electron chi connectivity index (χ0n) is 16.3. The first-order chi connectivity index (χ1) is 13.6. The number of benzene rings is 2. The molecule has 0 N–H and O–H groups in total. The number of para-hydroxylation sites is 1. The Morgan fingerprint density at radius 3 is 2.57 bits per heavy atom. The first kappa shape index (κ1) is 18.2. The van der Waals surface area contributed by atoms with Crippen LogP contribution in [0.1, 0.15) is 26.7 Å². The van der Waals surface area contributed by atoms with Gasteiger partial charge in [0.1, 0.15) is 11.6 Å². The van der Waals surface area contributed by atoms with Crippen LogP contribution in [0.2, 0.25) is 0 Å². The summed E-state index contributed by atoms with van der Waals surface area (Å²) in [4.78, 5) is 18.4. The van der Waals surface area contributed by atoms with Gasteiger partial charge in [-0.05, 0) is 44.1 Å². The van der Waals surface area contributed by atoms with Crippen molar-refractivity contribution in [2.75, 3.05) is 6.61 Å². The van der Waals surface area contributed by atoms with Gasteiger partial charge in [0.2, 0.25) is 0 Å². The summed E-state index contributed by atoms with van der Waals surface area (Å²) in [6, 6.07) is 17.4. The molecule has 142 valence electrons. The molecule has 0 amide bonds. The highest BCUT2D eigenvalue weighted by Gasteiger charge is 2.30. The molecule has 1 atom stereocenters. The molecule has 0 aliphatic heterocycles. The van der Waals surface area contributed by atoms with Crippen LogP contribution < -0.4 is 5.56 Å². The Morgan fingerprint density at radius 2 is 1.86 bits per heavy atom. The second-order valence-electron chi connectivity index (χ2n) is 7.31. The molecule has 1 aliphatic carbocycles. The molecule has 4 heteroatoms. The monoisotopic (exact) mass is 372 g/mol. The van der Waals surface area contributed by atoms with E-state index in [0.717, 1.165) is 17.7 Å². The summed E-state index contributed by atoms with van der Waals surface area (Å²) < 4.78 is 7.58. The third-order valence-corrected chi connectivity index (χ3v) is 5.11. The van der Waals surface area contributed by atoms with Crippen LogP contribution in [0.4, 0.5) is 0 Å². The third-order valence-electron chi connectivity index (χ3n) is 5.11. The summed E-state index contributed by atoms with van der Waals surface area (Å²) >= 11 is 0. The van der Waals surface area contributed by atoms with Gasteiger partial charge in [-0.1, -0.05) is 55.5 Å². The van der Waals surface area contributed by atoms with Crippen molar-refractivity contribution in [1.29, 1.82) is 0 Å². The number of rotatable bonds is 5. The lowest BCUT2D eigenvalue weighted by Gasteiger charge is -2.32. The molecule has 28 heavy (non-hydrogen) atoms. The maximum atomic E-state index is 13.5. The van der Waals surface area contributed by atoms with Crippen LogP contribution in [0.25, 0.3) is 22.3 Å². The fourth-order valence-electron chi connectivity index (χ4n) is 3.59. The normalized spacial score (nSPS) is 18.9. The predicted molar refractivity (Wildman–Crippen MR) is 113 cm³/mol. The Bertz CT molecular complexity index is 1110. The molecule has 4 rings (SSSR count). The minimum absolute atomic E-state index is 0.0251. The molecule has 1 aromatic heterocycles. The van der Waals surface area contributed by atoms with Gasteiger partial charge < -0.3 is 4.74 Å². The van der Waals surface area contributed by atoms with Gasteiger partial charge in [-0.3, -0.25) is 9.36 Å². The minimum atomic E-state index is -0.516. The summed E-state index contributed by atoms with van der Waals surface area (Å²) in [6.45, 7) is 4.85. The lowest BCUT2D eigenvalue weighted by Crippen LogP contribution is -2.39. The van der Waals surface area contributed by atoms with Crippen LogP contribution in [0.15, 0.2) is 83.4 Å². The largest absolute Gasteiger partial charge is 0.494 e. The molecule has 2 aromatic carbocycles. The zero-order valence-corrected chi connectivity index (χ0v) is 16.3. The first-order valence-corrected chi connectivity index (χ1v) is 9.72. The average molecular weight is 372 g/mol. The van der Waals surface area contributed by atoms with Gasteiger partial charge in [0, 0.05) is 5.56 Å². The van der Waals surface area contributed by atoms with E-state index in [1.54, 1.807) is 0 Å². The average Bonchev–Trinajstić information content (AvgIpc) is 2.74. The van der Waals surface area contributed by atoms with Gasteiger partial charge in [-0.15, -0.1) is 0 Å². The summed E-state index contributed by atoms with van der Waals surface area (Å²) in [7, 11) is 0. The Hall–Kier alpha value is -3.14. The molecule has 1 aliphatic rings. The lowest BCUT2D eigenvalue weighted by molar-refractivity contribution is 0.218. The van der Waals surface area contributed by atoms with Crippen molar-refractivity contribution in [3.05, 3.63) is 88.9 Å². The Labute approximate surface area is 164 Å². The second-order valence-corrected chi connectivity index (χ2v) is 7.31. The van der Waals surface area contributed by atoms with E-state index in [9.17, 15) is 4.79 Å². The first-order valence-electron chi connectivity index (χ1n) is 9.72. The van der Waals surface area contributed by atoms with Crippen molar-refractivity contribution in [3.8, 4) is 11.4 Å². The van der Waals surface area contributed by atoms with Gasteiger partial charge in [0.05, 0.1) is 23.0 Å². The van der Waals surface area contributed by atoms with Crippen molar-refractivity contribution in [2.45, 2.75) is 32.2 Å². The topological polar surface area (TPSA) is 44.1 Å². The van der Waals surface area contributed by atoms with Crippen molar-refractivity contribution in [1.82, 2.24) is 9.55 Å². The number of fused-ring (bicyclic) bond motifs is 1. The molecule has 3 aromatic rings. The standard InChI is InChI=1S/C24H24N2O2/c1-3-17-28-19-13-15-24(2,16-14-19)26-22(18-9-5-4-6-10-18)25-21-12-8-7-11-20(21)23(26)27/h4-15H,3,16-17H2,1-2H3. The fourth-order valence-corrected chi connectivity index (χ4v) is 3.59. The van der Waals surface area contributed by atoms with E-state index in [1.807, 2.05) is 65.2 Å². The number of aromatic nitrogens is 2. The Kier molecular flexibility index (Phi) is 4.86. The summed E-state index contributed by atoms with van der Waals surface area (Å²) in [5, 5.41) is 0.633. The fraction of sp³-hybridized carbons (Fsp3) is 0.250. The molecule has 4 nitrogen and oxygen atoms in total. The van der Waals surface area contributed by atoms with E-state index in [4.69, 9.17) is 9.72 Å². The highest BCUT2D eigenvalue weighted by Crippen LogP contribution is 2.32. The van der Waals surface area contributed by atoms with Crippen molar-refractivity contribution < 1.29 is 4.74 Å². The third kappa shape index (κ3) is 3.26. The number of hydrogen-bond donors (Lipinski definition) is 0. The molecule has 1 unspecified atom stereocenters. The van der Waals surface area contributed by atoms with Crippen molar-refractivity contribution in [2.24, 2.45) is 0 Å². The van der Waals surface area contributed by atoms with E-state index in [1.165, 1.54) is 0 Å². The van der Waals surface area contributed by atoms with Crippen molar-refractivity contribution >= 4 is 10.9 Å². The lowest BCUT2D eigenvalue weighted by atomic mass is 9.91. The van der Waals surface area contributed by atoms with Crippen LogP contribution in [-0.2, 0) is 10.3 Å². The zero-order chi connectivity index (χ0) is 19.6. The quantitative estimate of drug-likeness (QED) is 0.629. The highest BCUT2D eigenvalue weighted by atomic mass is 16.5. The Balaban J connectivity index is 1.89. The predicted octanol–water partition coefficient (Wildman–Crippen LogP) is 5.05. The molecular formula is C24H24N2O2. The van der Waals surface area contributed by atoms with E-state index < -0.39 is 5.54 Å². The summed E-state index contributed by atoms with van der Waals surface area (Å²) in [5.74, 6) is 1.55.